The minimum Gasteiger partial charge on any atom is -0.493 e. The van der Waals surface area contributed by atoms with Gasteiger partial charge in [0.2, 0.25) is 0 Å². The molecule has 0 fully saturated rings. The zero-order valence-electron chi connectivity index (χ0n) is 14.1. The van der Waals surface area contributed by atoms with E-state index in [1.165, 1.54) is 0 Å². The van der Waals surface area contributed by atoms with Gasteiger partial charge in [-0.25, -0.2) is 0 Å². The number of aromatic nitrogens is 1. The fraction of sp³-hybridized carbons (Fsp3) is 0.333. The number of hydrogen-bond donors (Lipinski definition) is 1. The molecule has 1 atom stereocenters. The molecule has 128 valence electrons. The average Bonchev–Trinajstić information content (AvgIpc) is 2.62. The zero-order chi connectivity index (χ0) is 17.4. The van der Waals surface area contributed by atoms with Crippen LogP contribution in [-0.4, -0.2) is 38.3 Å². The number of methoxy groups -OCH3 is 2. The lowest BCUT2D eigenvalue weighted by molar-refractivity contribution is 0.0934. The van der Waals surface area contributed by atoms with Gasteiger partial charge in [0.15, 0.2) is 11.5 Å². The maximum absolute atomic E-state index is 12.2. The van der Waals surface area contributed by atoms with Crippen LogP contribution in [0.5, 0.6) is 11.5 Å². The minimum atomic E-state index is -0.220. The van der Waals surface area contributed by atoms with E-state index in [2.05, 4.69) is 10.3 Å². The Kier molecular flexibility index (Phi) is 6.57. The van der Waals surface area contributed by atoms with Crippen molar-refractivity contribution in [2.45, 2.75) is 13.0 Å². The Labute approximate surface area is 141 Å². The van der Waals surface area contributed by atoms with Crippen LogP contribution >= 0.6 is 0 Å². The van der Waals surface area contributed by atoms with E-state index in [0.717, 1.165) is 5.56 Å². The van der Waals surface area contributed by atoms with Gasteiger partial charge in [-0.1, -0.05) is 12.1 Å². The third kappa shape index (κ3) is 4.70. The van der Waals surface area contributed by atoms with Crippen LogP contribution in [0.15, 0.2) is 42.6 Å². The first kappa shape index (κ1) is 17.7. The van der Waals surface area contributed by atoms with Crippen molar-refractivity contribution in [1.29, 1.82) is 0 Å². The van der Waals surface area contributed by atoms with Crippen molar-refractivity contribution in [2.24, 2.45) is 0 Å². The smallest absolute Gasteiger partial charge is 0.270 e. The lowest BCUT2D eigenvalue weighted by Crippen LogP contribution is -2.27. The molecule has 0 unspecified atom stereocenters. The SMILES string of the molecule is COCCOc1ccc([C@H](C)NC(=O)c2ccccn2)cc1OC. The molecule has 1 aromatic heterocycles. The Morgan fingerprint density at radius 2 is 2.00 bits per heavy atom. The van der Waals surface area contributed by atoms with Gasteiger partial charge in [0.05, 0.1) is 19.8 Å². The van der Waals surface area contributed by atoms with Crippen molar-refractivity contribution >= 4 is 5.91 Å². The molecule has 0 saturated heterocycles. The number of pyridine rings is 1. The summed E-state index contributed by atoms with van der Waals surface area (Å²) in [5, 5.41) is 2.92. The van der Waals surface area contributed by atoms with Gasteiger partial charge in [0.25, 0.3) is 5.91 Å². The molecule has 2 rings (SSSR count). The molecule has 0 radical (unpaired) electrons. The molecule has 2 aromatic rings. The summed E-state index contributed by atoms with van der Waals surface area (Å²) in [6.07, 6.45) is 1.59. The summed E-state index contributed by atoms with van der Waals surface area (Å²) >= 11 is 0. The van der Waals surface area contributed by atoms with E-state index in [1.807, 2.05) is 25.1 Å². The van der Waals surface area contributed by atoms with E-state index in [4.69, 9.17) is 14.2 Å². The number of carbonyl (C=O) groups is 1. The van der Waals surface area contributed by atoms with Gasteiger partial charge in [-0.15, -0.1) is 0 Å². The van der Waals surface area contributed by atoms with Gasteiger partial charge >= 0.3 is 0 Å². The summed E-state index contributed by atoms with van der Waals surface area (Å²) in [4.78, 5) is 16.2. The van der Waals surface area contributed by atoms with Crippen LogP contribution in [-0.2, 0) is 4.74 Å². The van der Waals surface area contributed by atoms with Gasteiger partial charge in [-0.05, 0) is 36.8 Å². The quantitative estimate of drug-likeness (QED) is 0.754. The fourth-order valence-corrected chi connectivity index (χ4v) is 2.16. The number of rotatable bonds is 8. The topological polar surface area (TPSA) is 69.7 Å². The van der Waals surface area contributed by atoms with Gasteiger partial charge in [-0.3, -0.25) is 9.78 Å². The zero-order valence-corrected chi connectivity index (χ0v) is 14.1. The Bertz CT molecular complexity index is 661. The van der Waals surface area contributed by atoms with Crippen molar-refractivity contribution in [3.63, 3.8) is 0 Å². The number of nitrogens with zero attached hydrogens (tertiary/aromatic N) is 1. The minimum absolute atomic E-state index is 0.193. The highest BCUT2D eigenvalue weighted by molar-refractivity contribution is 5.92. The molecule has 1 amide bonds. The summed E-state index contributed by atoms with van der Waals surface area (Å²) in [6, 6.07) is 10.6. The van der Waals surface area contributed by atoms with E-state index in [0.29, 0.717) is 30.4 Å². The van der Waals surface area contributed by atoms with Crippen LogP contribution in [0.4, 0.5) is 0 Å². The Morgan fingerprint density at radius 3 is 2.67 bits per heavy atom. The van der Waals surface area contributed by atoms with Crippen LogP contribution in [0.25, 0.3) is 0 Å². The van der Waals surface area contributed by atoms with Gasteiger partial charge in [0, 0.05) is 13.3 Å². The van der Waals surface area contributed by atoms with Crippen molar-refractivity contribution in [3.8, 4) is 11.5 Å². The summed E-state index contributed by atoms with van der Waals surface area (Å²) in [5.74, 6) is 1.03. The maximum atomic E-state index is 12.2. The molecule has 0 spiro atoms. The Morgan fingerprint density at radius 1 is 1.17 bits per heavy atom. The second-order valence-corrected chi connectivity index (χ2v) is 5.16. The molecule has 0 aliphatic carbocycles. The predicted octanol–water partition coefficient (Wildman–Crippen LogP) is 2.61. The van der Waals surface area contributed by atoms with E-state index in [1.54, 1.807) is 38.6 Å². The van der Waals surface area contributed by atoms with Gasteiger partial charge < -0.3 is 19.5 Å². The van der Waals surface area contributed by atoms with Crippen LogP contribution in [0, 0.1) is 0 Å². The summed E-state index contributed by atoms with van der Waals surface area (Å²) in [7, 11) is 3.20. The molecule has 0 aliphatic rings. The Hall–Kier alpha value is -2.60. The standard InChI is InChI=1S/C18H22N2O4/c1-13(20-18(21)15-6-4-5-9-19-15)14-7-8-16(17(12-14)23-3)24-11-10-22-2/h4-9,12-13H,10-11H2,1-3H3,(H,20,21)/t13-/m0/s1. The number of carbonyl (C=O) groups excluding carboxylic acids is 1. The highest BCUT2D eigenvalue weighted by atomic mass is 16.5. The lowest BCUT2D eigenvalue weighted by atomic mass is 10.1. The Balaban J connectivity index is 2.06. The van der Waals surface area contributed by atoms with Crippen LogP contribution in [0.2, 0.25) is 0 Å². The first-order chi connectivity index (χ1) is 11.7. The number of benzene rings is 1. The summed E-state index contributed by atoms with van der Waals surface area (Å²) < 4.78 is 15.9. The lowest BCUT2D eigenvalue weighted by Gasteiger charge is -2.17. The molecule has 1 heterocycles. The molecule has 1 N–H and O–H groups in total. The van der Waals surface area contributed by atoms with E-state index in [9.17, 15) is 4.79 Å². The maximum Gasteiger partial charge on any atom is 0.270 e. The molecule has 0 saturated carbocycles. The molecular formula is C18H22N2O4. The first-order valence-corrected chi connectivity index (χ1v) is 7.67. The second-order valence-electron chi connectivity index (χ2n) is 5.16. The molecule has 1 aromatic carbocycles. The first-order valence-electron chi connectivity index (χ1n) is 7.67. The molecule has 0 aliphatic heterocycles. The van der Waals surface area contributed by atoms with Crippen molar-refractivity contribution in [1.82, 2.24) is 10.3 Å². The number of ether oxygens (including phenoxy) is 3. The number of amides is 1. The molecular weight excluding hydrogens is 308 g/mol. The monoisotopic (exact) mass is 330 g/mol. The molecule has 24 heavy (non-hydrogen) atoms. The average molecular weight is 330 g/mol. The third-order valence-corrected chi connectivity index (χ3v) is 3.48. The molecule has 0 bridgehead atoms. The summed E-state index contributed by atoms with van der Waals surface area (Å²) in [5.41, 5.74) is 1.30. The molecule has 6 heteroatoms. The van der Waals surface area contributed by atoms with E-state index in [-0.39, 0.29) is 11.9 Å². The van der Waals surface area contributed by atoms with Crippen molar-refractivity contribution < 1.29 is 19.0 Å². The molecule has 6 nitrogen and oxygen atoms in total. The summed E-state index contributed by atoms with van der Waals surface area (Å²) in [6.45, 7) is 2.85. The highest BCUT2D eigenvalue weighted by Crippen LogP contribution is 2.30. The largest absolute Gasteiger partial charge is 0.493 e. The van der Waals surface area contributed by atoms with Crippen LogP contribution in [0.1, 0.15) is 29.0 Å². The highest BCUT2D eigenvalue weighted by Gasteiger charge is 2.14. The van der Waals surface area contributed by atoms with Crippen LogP contribution in [0.3, 0.4) is 0 Å². The third-order valence-electron chi connectivity index (χ3n) is 3.48. The number of nitrogens with one attached hydrogen (secondary N) is 1. The van der Waals surface area contributed by atoms with Crippen LogP contribution < -0.4 is 14.8 Å². The van der Waals surface area contributed by atoms with E-state index < -0.39 is 0 Å². The van der Waals surface area contributed by atoms with Gasteiger partial charge in [0.1, 0.15) is 12.3 Å². The van der Waals surface area contributed by atoms with Crippen molar-refractivity contribution in [2.75, 3.05) is 27.4 Å². The van der Waals surface area contributed by atoms with Gasteiger partial charge in [-0.2, -0.15) is 0 Å². The normalized spacial score (nSPS) is 11.6. The second kappa shape index (κ2) is 8.88. The predicted molar refractivity (Wildman–Crippen MR) is 90.5 cm³/mol. The fourth-order valence-electron chi connectivity index (χ4n) is 2.16. The van der Waals surface area contributed by atoms with E-state index >= 15 is 0 Å². The number of hydrogen-bond acceptors (Lipinski definition) is 5. The van der Waals surface area contributed by atoms with Crippen molar-refractivity contribution in [3.05, 3.63) is 53.9 Å².